The van der Waals surface area contributed by atoms with E-state index < -0.39 is 29.2 Å². The number of nitrogens with one attached hydrogen (secondary N) is 1. The maximum atomic E-state index is 15.4. The predicted molar refractivity (Wildman–Crippen MR) is 153 cm³/mol. The number of halogens is 2. The third kappa shape index (κ3) is 5.19. The molecule has 11 nitrogen and oxygen atoms in total. The number of benzene rings is 1. The molecule has 6 rings (SSSR count). The second-order valence-electron chi connectivity index (χ2n) is 11.3. The molecule has 224 valence electrons. The fraction of sp³-hybridized carbons (Fsp3) is 0.367. The van der Waals surface area contributed by atoms with Gasteiger partial charge in [0.25, 0.3) is 11.8 Å². The van der Waals surface area contributed by atoms with Gasteiger partial charge in [0.15, 0.2) is 23.5 Å². The van der Waals surface area contributed by atoms with Crippen molar-refractivity contribution in [2.24, 2.45) is 0 Å². The highest BCUT2D eigenvalue weighted by Gasteiger charge is 2.36. The Morgan fingerprint density at radius 2 is 1.84 bits per heavy atom. The Hall–Kier alpha value is -4.49. The molecule has 0 aliphatic carbocycles. The molecule has 1 saturated heterocycles. The van der Waals surface area contributed by atoms with Gasteiger partial charge < -0.3 is 24.5 Å². The van der Waals surface area contributed by atoms with Crippen LogP contribution in [0.3, 0.4) is 0 Å². The van der Waals surface area contributed by atoms with E-state index in [9.17, 15) is 14.7 Å². The summed E-state index contributed by atoms with van der Waals surface area (Å²) in [5.74, 6) is -1.98. The van der Waals surface area contributed by atoms with E-state index in [0.29, 0.717) is 48.8 Å². The highest BCUT2D eigenvalue weighted by molar-refractivity contribution is 6.02. The zero-order chi connectivity index (χ0) is 30.6. The van der Waals surface area contributed by atoms with E-state index in [4.69, 9.17) is 4.74 Å². The van der Waals surface area contributed by atoms with Crippen molar-refractivity contribution in [3.05, 3.63) is 71.2 Å². The van der Waals surface area contributed by atoms with Crippen LogP contribution in [0.1, 0.15) is 48.3 Å². The summed E-state index contributed by atoms with van der Waals surface area (Å²) in [4.78, 5) is 42.6. The molecule has 0 bridgehead atoms. The van der Waals surface area contributed by atoms with E-state index >= 15 is 8.78 Å². The topological polar surface area (TPSA) is 125 Å². The number of aromatic nitrogens is 4. The van der Waals surface area contributed by atoms with Crippen molar-refractivity contribution >= 4 is 23.1 Å². The van der Waals surface area contributed by atoms with E-state index in [-0.39, 0.29) is 40.8 Å². The van der Waals surface area contributed by atoms with Gasteiger partial charge in [-0.3, -0.25) is 14.5 Å². The van der Waals surface area contributed by atoms with Gasteiger partial charge in [-0.05, 0) is 39.8 Å². The highest BCUT2D eigenvalue weighted by atomic mass is 19.1. The largest absolute Gasteiger partial charge is 0.476 e. The summed E-state index contributed by atoms with van der Waals surface area (Å²) >= 11 is 0. The number of hydrogen-bond acceptors (Lipinski definition) is 8. The van der Waals surface area contributed by atoms with Gasteiger partial charge in [0, 0.05) is 67.5 Å². The molecule has 3 aromatic heterocycles. The Morgan fingerprint density at radius 3 is 2.51 bits per heavy atom. The summed E-state index contributed by atoms with van der Waals surface area (Å²) in [6.07, 6.45) is 3.42. The van der Waals surface area contributed by atoms with E-state index in [1.165, 1.54) is 36.4 Å². The van der Waals surface area contributed by atoms with Crippen LogP contribution in [-0.4, -0.2) is 73.5 Å². The average molecular weight is 592 g/mol. The minimum atomic E-state index is -1.26. The number of carbonyl (C=O) groups excluding carboxylic acids is 2. The first kappa shape index (κ1) is 28.6. The van der Waals surface area contributed by atoms with Crippen molar-refractivity contribution < 1.29 is 28.2 Å². The minimum Gasteiger partial charge on any atom is -0.476 e. The maximum Gasteiger partial charge on any atom is 0.268 e. The molecule has 2 amide bonds. The molecule has 5 heterocycles. The van der Waals surface area contributed by atoms with Crippen molar-refractivity contribution in [3.63, 3.8) is 0 Å². The number of fused-ring (bicyclic) bond motifs is 2. The SMILES string of the molecule is Cc1nc2cc(F)c(-c3cnc(C(C)(C)O)nc3)cn2c1CN1C(=O)C(C)Oc2c(F)cc(C(=O)N3CCNCC3)cc21. The lowest BCUT2D eigenvalue weighted by Gasteiger charge is -2.34. The first-order chi connectivity index (χ1) is 20.4. The van der Waals surface area contributed by atoms with Gasteiger partial charge in [-0.1, -0.05) is 0 Å². The van der Waals surface area contributed by atoms with Gasteiger partial charge in [-0.2, -0.15) is 0 Å². The van der Waals surface area contributed by atoms with Crippen LogP contribution in [-0.2, 0) is 16.9 Å². The normalized spacial score (nSPS) is 17.3. The van der Waals surface area contributed by atoms with Gasteiger partial charge in [-0.15, -0.1) is 0 Å². The van der Waals surface area contributed by atoms with Crippen LogP contribution in [0.15, 0.2) is 36.8 Å². The molecule has 2 aliphatic heterocycles. The molecule has 1 unspecified atom stereocenters. The lowest BCUT2D eigenvalue weighted by molar-refractivity contribution is -0.125. The lowest BCUT2D eigenvalue weighted by atomic mass is 10.1. The van der Waals surface area contributed by atoms with E-state index in [1.54, 1.807) is 36.3 Å². The fourth-order valence-electron chi connectivity index (χ4n) is 5.36. The van der Waals surface area contributed by atoms with Crippen LogP contribution >= 0.6 is 0 Å². The van der Waals surface area contributed by atoms with Gasteiger partial charge in [-0.25, -0.2) is 23.7 Å². The van der Waals surface area contributed by atoms with Crippen molar-refractivity contribution in [1.29, 1.82) is 0 Å². The number of pyridine rings is 1. The number of ether oxygens (including phenoxy) is 1. The van der Waals surface area contributed by atoms with Gasteiger partial charge in [0.05, 0.1) is 23.6 Å². The molecule has 2 aliphatic rings. The molecular weight excluding hydrogens is 560 g/mol. The summed E-state index contributed by atoms with van der Waals surface area (Å²) in [7, 11) is 0. The summed E-state index contributed by atoms with van der Waals surface area (Å²) in [6.45, 7) is 8.57. The molecular formula is C30H31F2N7O4. The van der Waals surface area contributed by atoms with Crippen LogP contribution in [0.4, 0.5) is 14.5 Å². The number of aliphatic hydroxyl groups is 1. The van der Waals surface area contributed by atoms with E-state index in [0.717, 1.165) is 6.07 Å². The second kappa shape index (κ2) is 10.7. The third-order valence-electron chi connectivity index (χ3n) is 7.70. The zero-order valence-electron chi connectivity index (χ0n) is 24.2. The van der Waals surface area contributed by atoms with Gasteiger partial charge >= 0.3 is 0 Å². The number of hydrogen-bond donors (Lipinski definition) is 2. The van der Waals surface area contributed by atoms with E-state index in [1.807, 2.05) is 0 Å². The Labute approximate surface area is 246 Å². The number of imidazole rings is 1. The Balaban J connectivity index is 1.41. The number of aryl methyl sites for hydroxylation is 1. The number of carbonyl (C=O) groups is 2. The standard InChI is InChI=1S/C30H31F2N7O4/c1-16-24(38-14-20(21(31)11-25(38)36-16)19-12-34-29(35-13-19)30(3,4)42)15-39-23-10-18(28(41)37-7-5-33-6-8-37)9-22(32)26(23)43-17(2)27(39)40/h9-14,17,33,42H,5-8,15H2,1-4H3. The minimum absolute atomic E-state index is 0.0452. The number of anilines is 1. The Morgan fingerprint density at radius 1 is 1.14 bits per heavy atom. The first-order valence-corrected chi connectivity index (χ1v) is 14.0. The van der Waals surface area contributed by atoms with Gasteiger partial charge in [0.1, 0.15) is 17.1 Å². The predicted octanol–water partition coefficient (Wildman–Crippen LogP) is 2.96. The molecule has 0 spiro atoms. The number of amides is 2. The molecule has 2 N–H and O–H groups in total. The highest BCUT2D eigenvalue weighted by Crippen LogP contribution is 2.39. The number of nitrogens with zero attached hydrogens (tertiary/aromatic N) is 6. The molecule has 1 fully saturated rings. The van der Waals surface area contributed by atoms with Gasteiger partial charge in [0.2, 0.25) is 0 Å². The molecule has 13 heteroatoms. The summed E-state index contributed by atoms with van der Waals surface area (Å²) in [5, 5.41) is 13.4. The fourth-order valence-corrected chi connectivity index (χ4v) is 5.36. The van der Waals surface area contributed by atoms with Crippen molar-refractivity contribution in [3.8, 4) is 16.9 Å². The van der Waals surface area contributed by atoms with Crippen LogP contribution < -0.4 is 15.0 Å². The monoisotopic (exact) mass is 591 g/mol. The molecule has 0 saturated carbocycles. The number of piperazine rings is 1. The molecule has 4 aromatic rings. The maximum absolute atomic E-state index is 15.4. The summed E-state index contributed by atoms with van der Waals surface area (Å²) in [5.41, 5.74) is 0.949. The van der Waals surface area contributed by atoms with Crippen molar-refractivity contribution in [1.82, 2.24) is 29.6 Å². The van der Waals surface area contributed by atoms with Crippen molar-refractivity contribution in [2.75, 3.05) is 31.1 Å². The Kier molecular flexibility index (Phi) is 7.09. The zero-order valence-corrected chi connectivity index (χ0v) is 24.2. The molecule has 0 radical (unpaired) electrons. The molecule has 1 aromatic carbocycles. The third-order valence-corrected chi connectivity index (χ3v) is 7.70. The Bertz CT molecular complexity index is 1740. The first-order valence-electron chi connectivity index (χ1n) is 14.0. The molecule has 43 heavy (non-hydrogen) atoms. The second-order valence-corrected chi connectivity index (χ2v) is 11.3. The van der Waals surface area contributed by atoms with Crippen molar-refractivity contribution in [2.45, 2.75) is 45.9 Å². The smallest absolute Gasteiger partial charge is 0.268 e. The molecule has 1 atom stereocenters. The number of rotatable bonds is 5. The summed E-state index contributed by atoms with van der Waals surface area (Å²) in [6, 6.07) is 3.90. The van der Waals surface area contributed by atoms with Crippen LogP contribution in [0.2, 0.25) is 0 Å². The van der Waals surface area contributed by atoms with Crippen LogP contribution in [0.25, 0.3) is 16.8 Å². The summed E-state index contributed by atoms with van der Waals surface area (Å²) < 4.78 is 38.0. The average Bonchev–Trinajstić information content (AvgIpc) is 3.28. The van der Waals surface area contributed by atoms with Crippen LogP contribution in [0, 0.1) is 18.6 Å². The quantitative estimate of drug-likeness (QED) is 0.363. The van der Waals surface area contributed by atoms with E-state index in [2.05, 4.69) is 20.3 Å². The van der Waals surface area contributed by atoms with Crippen LogP contribution in [0.5, 0.6) is 5.75 Å². The lowest BCUT2D eigenvalue weighted by Crippen LogP contribution is -2.47.